The molecule has 7 heteroatoms. The average molecular weight is 366 g/mol. The van der Waals surface area contributed by atoms with E-state index < -0.39 is 17.8 Å². The highest BCUT2D eigenvalue weighted by Gasteiger charge is 2.19. The van der Waals surface area contributed by atoms with Crippen molar-refractivity contribution in [1.82, 2.24) is 9.80 Å². The fourth-order valence-electron chi connectivity index (χ4n) is 2.06. The summed E-state index contributed by atoms with van der Waals surface area (Å²) in [6, 6.07) is 6.71. The molecule has 1 rings (SSSR count). The van der Waals surface area contributed by atoms with Gasteiger partial charge in [0.25, 0.3) is 0 Å². The molecule has 0 aliphatic heterocycles. The third kappa shape index (κ3) is 7.74. The summed E-state index contributed by atoms with van der Waals surface area (Å²) in [6.07, 6.45) is -0.831. The second-order valence-corrected chi connectivity index (χ2v) is 7.29. The molecule has 1 aromatic carbocycles. The number of carbonyl (C=O) groups excluding carboxylic acids is 2. The smallest absolute Gasteiger partial charge is 0.414 e. The van der Waals surface area contributed by atoms with Gasteiger partial charge in [-0.2, -0.15) is 0 Å². The van der Waals surface area contributed by atoms with Gasteiger partial charge in [-0.15, -0.1) is 0 Å². The first kappa shape index (κ1) is 21.8. The van der Waals surface area contributed by atoms with Crippen molar-refractivity contribution < 1.29 is 24.2 Å². The molecule has 26 heavy (non-hydrogen) atoms. The zero-order valence-corrected chi connectivity index (χ0v) is 16.5. The van der Waals surface area contributed by atoms with E-state index in [1.165, 1.54) is 9.80 Å². The van der Waals surface area contributed by atoms with Crippen LogP contribution in [0.25, 0.3) is 0 Å². The van der Waals surface area contributed by atoms with Crippen LogP contribution in [-0.4, -0.2) is 59.9 Å². The summed E-state index contributed by atoms with van der Waals surface area (Å²) >= 11 is 0. The van der Waals surface area contributed by atoms with Crippen molar-refractivity contribution >= 4 is 12.2 Å². The first-order chi connectivity index (χ1) is 12.0. The minimum atomic E-state index is -0.565. The number of aliphatic hydroxyl groups is 1. The summed E-state index contributed by atoms with van der Waals surface area (Å²) in [6.45, 7) is 8.03. The minimum absolute atomic E-state index is 0.388. The van der Waals surface area contributed by atoms with Crippen molar-refractivity contribution in [3.8, 4) is 5.75 Å². The van der Waals surface area contributed by atoms with E-state index in [2.05, 4.69) is 0 Å². The number of carbonyl (C=O) groups is 2. The van der Waals surface area contributed by atoms with Gasteiger partial charge in [-0.25, -0.2) is 9.59 Å². The summed E-state index contributed by atoms with van der Waals surface area (Å²) in [7, 11) is 3.30. The molecule has 0 aliphatic rings. The quantitative estimate of drug-likeness (QED) is 0.834. The molecule has 0 spiro atoms. The van der Waals surface area contributed by atoms with Crippen molar-refractivity contribution in [2.24, 2.45) is 0 Å². The Hall–Kier alpha value is -2.28. The van der Waals surface area contributed by atoms with E-state index in [0.29, 0.717) is 25.3 Å². The number of nitrogens with zero attached hydrogens (tertiary/aromatic N) is 2. The summed E-state index contributed by atoms with van der Waals surface area (Å²) in [5.41, 5.74) is 0.221. The van der Waals surface area contributed by atoms with Gasteiger partial charge in [-0.05, 0) is 51.8 Å². The Bertz CT molecular complexity index is 593. The Kier molecular flexibility index (Phi) is 7.89. The summed E-state index contributed by atoms with van der Waals surface area (Å²) < 4.78 is 10.6. The molecule has 0 heterocycles. The third-order valence-electron chi connectivity index (χ3n) is 3.57. The lowest BCUT2D eigenvalue weighted by atomic mass is 10.1. The van der Waals surface area contributed by atoms with Crippen LogP contribution < -0.4 is 4.74 Å². The summed E-state index contributed by atoms with van der Waals surface area (Å²) in [5.74, 6) is 0.414. The predicted octanol–water partition coefficient (Wildman–Crippen LogP) is 3.43. The standard InChI is InChI=1S/C19H30N2O5/c1-14(22)15-8-10-16(11-9-15)25-17(23)20(5)12-7-13-21(6)18(24)26-19(2,3)4/h8-11,14,22H,7,12-13H2,1-6H3. The van der Waals surface area contributed by atoms with Crippen LogP contribution in [0, 0.1) is 0 Å². The van der Waals surface area contributed by atoms with E-state index in [1.54, 1.807) is 45.3 Å². The lowest BCUT2D eigenvalue weighted by Crippen LogP contribution is -2.37. The number of rotatable bonds is 6. The third-order valence-corrected chi connectivity index (χ3v) is 3.57. The monoisotopic (exact) mass is 366 g/mol. The minimum Gasteiger partial charge on any atom is -0.444 e. The van der Waals surface area contributed by atoms with Crippen molar-refractivity contribution in [3.05, 3.63) is 29.8 Å². The molecular formula is C19H30N2O5. The maximum atomic E-state index is 12.1. The number of benzene rings is 1. The van der Waals surface area contributed by atoms with Gasteiger partial charge in [0.15, 0.2) is 0 Å². The highest BCUT2D eigenvalue weighted by molar-refractivity contribution is 5.70. The molecule has 1 aromatic rings. The predicted molar refractivity (Wildman–Crippen MR) is 99.2 cm³/mol. The molecule has 7 nitrogen and oxygen atoms in total. The second-order valence-electron chi connectivity index (χ2n) is 7.29. The molecule has 0 radical (unpaired) electrons. The molecule has 0 aromatic heterocycles. The number of hydrogen-bond acceptors (Lipinski definition) is 5. The van der Waals surface area contributed by atoms with E-state index in [9.17, 15) is 14.7 Å². The number of hydrogen-bond donors (Lipinski definition) is 1. The Balaban J connectivity index is 2.39. The van der Waals surface area contributed by atoms with Gasteiger partial charge in [0.1, 0.15) is 11.4 Å². The van der Waals surface area contributed by atoms with Crippen LogP contribution in [-0.2, 0) is 4.74 Å². The van der Waals surface area contributed by atoms with Crippen LogP contribution in [0.3, 0.4) is 0 Å². The zero-order chi connectivity index (χ0) is 19.9. The molecule has 1 atom stereocenters. The van der Waals surface area contributed by atoms with E-state index in [1.807, 2.05) is 20.8 Å². The lowest BCUT2D eigenvalue weighted by Gasteiger charge is -2.25. The zero-order valence-electron chi connectivity index (χ0n) is 16.5. The molecule has 146 valence electrons. The van der Waals surface area contributed by atoms with Gasteiger partial charge < -0.3 is 24.4 Å². The first-order valence-electron chi connectivity index (χ1n) is 8.64. The topological polar surface area (TPSA) is 79.3 Å². The van der Waals surface area contributed by atoms with Crippen molar-refractivity contribution in [2.45, 2.75) is 45.8 Å². The maximum Gasteiger partial charge on any atom is 0.414 e. The van der Waals surface area contributed by atoms with E-state index in [-0.39, 0.29) is 6.09 Å². The molecule has 0 fully saturated rings. The van der Waals surface area contributed by atoms with Crippen LogP contribution >= 0.6 is 0 Å². The highest BCUT2D eigenvalue weighted by atomic mass is 16.6. The summed E-state index contributed by atoms with van der Waals surface area (Å²) in [5, 5.41) is 9.48. The highest BCUT2D eigenvalue weighted by Crippen LogP contribution is 2.18. The number of ether oxygens (including phenoxy) is 2. The second kappa shape index (κ2) is 9.43. The number of aliphatic hydroxyl groups excluding tert-OH is 1. The van der Waals surface area contributed by atoms with Gasteiger partial charge in [0.2, 0.25) is 0 Å². The van der Waals surface area contributed by atoms with Crippen molar-refractivity contribution in [1.29, 1.82) is 0 Å². The molecule has 1 N–H and O–H groups in total. The van der Waals surface area contributed by atoms with E-state index in [4.69, 9.17) is 9.47 Å². The van der Waals surface area contributed by atoms with Gasteiger partial charge in [-0.1, -0.05) is 12.1 Å². The normalized spacial score (nSPS) is 12.3. The largest absolute Gasteiger partial charge is 0.444 e. The van der Waals surface area contributed by atoms with Crippen LogP contribution in [0.5, 0.6) is 5.75 Å². The van der Waals surface area contributed by atoms with E-state index in [0.717, 1.165) is 5.56 Å². The molecule has 0 aliphatic carbocycles. The SMILES string of the molecule is CC(O)c1ccc(OC(=O)N(C)CCCN(C)C(=O)OC(C)(C)C)cc1. The fraction of sp³-hybridized carbons (Fsp3) is 0.579. The summed E-state index contributed by atoms with van der Waals surface area (Å²) in [4.78, 5) is 26.9. The van der Waals surface area contributed by atoms with Crippen LogP contribution in [0.15, 0.2) is 24.3 Å². The van der Waals surface area contributed by atoms with Gasteiger partial charge in [0, 0.05) is 27.2 Å². The Morgan fingerprint density at radius 3 is 2.00 bits per heavy atom. The maximum absolute atomic E-state index is 12.1. The molecule has 2 amide bonds. The van der Waals surface area contributed by atoms with Gasteiger partial charge in [-0.3, -0.25) is 0 Å². The molecule has 1 unspecified atom stereocenters. The van der Waals surface area contributed by atoms with Crippen molar-refractivity contribution in [3.63, 3.8) is 0 Å². The van der Waals surface area contributed by atoms with Gasteiger partial charge >= 0.3 is 12.2 Å². The lowest BCUT2D eigenvalue weighted by molar-refractivity contribution is 0.0294. The van der Waals surface area contributed by atoms with Crippen LogP contribution in [0.2, 0.25) is 0 Å². The molecule has 0 saturated carbocycles. The molecule has 0 bridgehead atoms. The molecular weight excluding hydrogens is 336 g/mol. The average Bonchev–Trinajstić information content (AvgIpc) is 2.53. The van der Waals surface area contributed by atoms with Crippen LogP contribution in [0.4, 0.5) is 9.59 Å². The molecule has 0 saturated heterocycles. The van der Waals surface area contributed by atoms with E-state index >= 15 is 0 Å². The Morgan fingerprint density at radius 1 is 1.04 bits per heavy atom. The Labute approximate surface area is 155 Å². The number of amides is 2. The fourth-order valence-corrected chi connectivity index (χ4v) is 2.06. The van der Waals surface area contributed by atoms with Crippen LogP contribution in [0.1, 0.15) is 45.8 Å². The first-order valence-corrected chi connectivity index (χ1v) is 8.64. The van der Waals surface area contributed by atoms with Gasteiger partial charge in [0.05, 0.1) is 6.10 Å². The Morgan fingerprint density at radius 2 is 1.54 bits per heavy atom. The van der Waals surface area contributed by atoms with Crippen molar-refractivity contribution in [2.75, 3.05) is 27.2 Å².